The van der Waals surface area contributed by atoms with Gasteiger partial charge < -0.3 is 10.2 Å². The Balaban J connectivity index is 1.79. The Morgan fingerprint density at radius 3 is 2.60 bits per heavy atom. The molecule has 1 aliphatic rings. The summed E-state index contributed by atoms with van der Waals surface area (Å²) in [6.07, 6.45) is 6.86. The number of amides is 1. The number of carbonyl (C=O) groups is 1. The minimum Gasteiger partial charge on any atom is -0.354 e. The molecule has 1 aromatic heterocycles. The topological polar surface area (TPSA) is 91.7 Å². The minimum atomic E-state index is -3.06. The molecule has 0 unspecified atom stereocenters. The van der Waals surface area contributed by atoms with Crippen LogP contribution in [0.3, 0.4) is 0 Å². The van der Waals surface area contributed by atoms with Crippen molar-refractivity contribution in [2.24, 2.45) is 4.99 Å². The fraction of sp³-hybridized carbons (Fsp3) is 0.346. The summed E-state index contributed by atoms with van der Waals surface area (Å²) in [5, 5.41) is 2.90. The van der Waals surface area contributed by atoms with Crippen molar-refractivity contribution in [3.05, 3.63) is 70.7 Å². The van der Waals surface area contributed by atoms with Crippen LogP contribution in [0.2, 0.25) is 0 Å². The second kappa shape index (κ2) is 12.3. The highest BCUT2D eigenvalue weighted by Crippen LogP contribution is 2.21. The highest BCUT2D eigenvalue weighted by atomic mass is 32.2. The second-order valence-electron chi connectivity index (χ2n) is 8.10. The monoisotopic (exact) mass is 496 g/mol. The lowest BCUT2D eigenvalue weighted by Gasteiger charge is -2.28. The zero-order valence-corrected chi connectivity index (χ0v) is 20.7. The van der Waals surface area contributed by atoms with Gasteiger partial charge in [0.2, 0.25) is 0 Å². The molecule has 184 valence electrons. The van der Waals surface area contributed by atoms with Gasteiger partial charge in [0.1, 0.15) is 11.6 Å². The number of nitrogens with one attached hydrogen (secondary N) is 1. The molecule has 7 nitrogen and oxygen atoms in total. The van der Waals surface area contributed by atoms with Gasteiger partial charge in [0, 0.05) is 44.7 Å². The Kier molecular flexibility index (Phi) is 9.15. The number of carbonyl (C=O) groups excluding carboxylic acids is 1. The van der Waals surface area contributed by atoms with E-state index in [2.05, 4.69) is 27.1 Å². The van der Waals surface area contributed by atoms with E-state index < -0.39 is 9.84 Å². The molecular weight excluding hydrogens is 467 g/mol. The maximum atomic E-state index is 13.2. The van der Waals surface area contributed by atoms with Crippen LogP contribution in [0.4, 0.5) is 10.2 Å². The van der Waals surface area contributed by atoms with E-state index >= 15 is 0 Å². The zero-order valence-electron chi connectivity index (χ0n) is 19.9. The largest absolute Gasteiger partial charge is 0.354 e. The number of hydrogen-bond donors (Lipinski definition) is 1. The van der Waals surface area contributed by atoms with Crippen LogP contribution in [-0.2, 0) is 9.84 Å². The number of halogens is 1. The number of aromatic nitrogens is 1. The van der Waals surface area contributed by atoms with Crippen molar-refractivity contribution in [2.75, 3.05) is 43.1 Å². The number of allylic oxidation sites excluding steroid dienone is 2. The number of aliphatic imine (C=N–C) groups is 1. The third-order valence-electron chi connectivity index (χ3n) is 5.55. The van der Waals surface area contributed by atoms with E-state index in [9.17, 15) is 17.6 Å². The molecular formula is C26H29FN4O3S. The van der Waals surface area contributed by atoms with Gasteiger partial charge in [-0.05, 0) is 55.7 Å². The van der Waals surface area contributed by atoms with Crippen LogP contribution in [0.5, 0.6) is 0 Å². The lowest BCUT2D eigenvalue weighted by molar-refractivity contribution is 0.0953. The predicted octanol–water partition coefficient (Wildman–Crippen LogP) is 3.01. The van der Waals surface area contributed by atoms with E-state index in [0.29, 0.717) is 42.1 Å². The van der Waals surface area contributed by atoms with Gasteiger partial charge in [-0.15, -0.1) is 0 Å². The lowest BCUT2D eigenvalue weighted by atomic mass is 10.1. The molecule has 3 rings (SSSR count). The SMILES string of the molecule is C/C=C(\C=NC)CCCNC(=O)c1cnc(N2CCS(=O)(=O)CC2)c(C#Cc2ccc(F)cc2)c1. The quantitative estimate of drug-likeness (QED) is 0.362. The van der Waals surface area contributed by atoms with Gasteiger partial charge in [-0.2, -0.15) is 0 Å². The highest BCUT2D eigenvalue weighted by molar-refractivity contribution is 7.91. The molecule has 1 amide bonds. The fourth-order valence-electron chi connectivity index (χ4n) is 3.57. The molecule has 0 bridgehead atoms. The van der Waals surface area contributed by atoms with Crippen LogP contribution in [0, 0.1) is 17.7 Å². The van der Waals surface area contributed by atoms with Crippen LogP contribution in [0.25, 0.3) is 0 Å². The third-order valence-corrected chi connectivity index (χ3v) is 7.16. The van der Waals surface area contributed by atoms with E-state index in [-0.39, 0.29) is 23.2 Å². The fourth-order valence-corrected chi connectivity index (χ4v) is 4.77. The molecule has 1 aliphatic heterocycles. The van der Waals surface area contributed by atoms with Gasteiger partial charge in [-0.25, -0.2) is 17.8 Å². The molecule has 0 saturated carbocycles. The molecule has 1 fully saturated rings. The van der Waals surface area contributed by atoms with E-state index in [0.717, 1.165) is 18.4 Å². The molecule has 0 radical (unpaired) electrons. The number of benzene rings is 1. The van der Waals surface area contributed by atoms with Gasteiger partial charge >= 0.3 is 0 Å². The predicted molar refractivity (Wildman–Crippen MR) is 137 cm³/mol. The first kappa shape index (κ1) is 26.1. The first-order valence-corrected chi connectivity index (χ1v) is 13.2. The van der Waals surface area contributed by atoms with Crippen molar-refractivity contribution >= 4 is 27.8 Å². The summed E-state index contributed by atoms with van der Waals surface area (Å²) in [7, 11) is -1.34. The van der Waals surface area contributed by atoms with Gasteiger partial charge in [-0.1, -0.05) is 17.9 Å². The molecule has 1 aromatic carbocycles. The zero-order chi connectivity index (χ0) is 25.3. The molecule has 1 saturated heterocycles. The van der Waals surface area contributed by atoms with Crippen LogP contribution in [-0.4, -0.2) is 63.7 Å². The minimum absolute atomic E-state index is 0.0404. The van der Waals surface area contributed by atoms with Gasteiger partial charge in [0.05, 0.1) is 22.6 Å². The molecule has 2 aromatic rings. The molecule has 35 heavy (non-hydrogen) atoms. The molecule has 2 heterocycles. The van der Waals surface area contributed by atoms with Crippen molar-refractivity contribution < 1.29 is 17.6 Å². The Hall–Kier alpha value is -3.51. The average molecular weight is 497 g/mol. The van der Waals surface area contributed by atoms with Gasteiger partial charge in [0.15, 0.2) is 9.84 Å². The third kappa shape index (κ3) is 7.76. The van der Waals surface area contributed by atoms with Crippen LogP contribution in [0.15, 0.2) is 53.2 Å². The second-order valence-corrected chi connectivity index (χ2v) is 10.4. The Bertz CT molecular complexity index is 1260. The van der Waals surface area contributed by atoms with Crippen molar-refractivity contribution in [1.29, 1.82) is 0 Å². The van der Waals surface area contributed by atoms with Crippen LogP contribution in [0.1, 0.15) is 41.3 Å². The number of hydrogen-bond acceptors (Lipinski definition) is 6. The normalized spacial score (nSPS) is 15.5. The Morgan fingerprint density at radius 2 is 1.94 bits per heavy atom. The summed E-state index contributed by atoms with van der Waals surface area (Å²) in [5.74, 6) is 6.02. The molecule has 9 heteroatoms. The summed E-state index contributed by atoms with van der Waals surface area (Å²) in [4.78, 5) is 23.1. The summed E-state index contributed by atoms with van der Waals surface area (Å²) < 4.78 is 36.9. The van der Waals surface area contributed by atoms with Crippen LogP contribution >= 0.6 is 0 Å². The van der Waals surface area contributed by atoms with E-state index in [1.807, 2.05) is 24.1 Å². The lowest BCUT2D eigenvalue weighted by Crippen LogP contribution is -2.41. The standard InChI is InChI=1S/C26H29FN4O3S/c1-3-20(18-28-2)5-4-12-29-26(32)23-17-22(9-6-21-7-10-24(27)11-8-21)25(30-19-23)31-13-15-35(33,34)16-14-31/h3,7-8,10-11,17-19H,4-5,12-16H2,1-2H3,(H,29,32)/b20-3-,28-18?. The summed E-state index contributed by atoms with van der Waals surface area (Å²) in [6, 6.07) is 7.46. The van der Waals surface area contributed by atoms with Crippen molar-refractivity contribution in [3.63, 3.8) is 0 Å². The van der Waals surface area contributed by atoms with Gasteiger partial charge in [-0.3, -0.25) is 9.79 Å². The Morgan fingerprint density at radius 1 is 1.23 bits per heavy atom. The average Bonchev–Trinajstić information content (AvgIpc) is 2.85. The molecule has 1 N–H and O–H groups in total. The summed E-state index contributed by atoms with van der Waals surface area (Å²) >= 11 is 0. The van der Waals surface area contributed by atoms with E-state index in [1.165, 1.54) is 18.3 Å². The van der Waals surface area contributed by atoms with Crippen LogP contribution < -0.4 is 10.2 Å². The molecule has 0 spiro atoms. The number of nitrogens with zero attached hydrogens (tertiary/aromatic N) is 3. The molecule has 0 atom stereocenters. The number of sulfone groups is 1. The summed E-state index contributed by atoms with van der Waals surface area (Å²) in [5.41, 5.74) is 2.60. The van der Waals surface area contributed by atoms with E-state index in [1.54, 1.807) is 25.2 Å². The highest BCUT2D eigenvalue weighted by Gasteiger charge is 2.24. The van der Waals surface area contributed by atoms with Crippen molar-refractivity contribution in [3.8, 4) is 11.8 Å². The number of rotatable bonds is 7. The Labute approximate surface area is 206 Å². The number of anilines is 1. The first-order valence-electron chi connectivity index (χ1n) is 11.4. The van der Waals surface area contributed by atoms with E-state index in [4.69, 9.17) is 0 Å². The van der Waals surface area contributed by atoms with Gasteiger partial charge in [0.25, 0.3) is 5.91 Å². The van der Waals surface area contributed by atoms with Crippen molar-refractivity contribution in [1.82, 2.24) is 10.3 Å². The first-order chi connectivity index (χ1) is 16.8. The van der Waals surface area contributed by atoms with Crippen molar-refractivity contribution in [2.45, 2.75) is 19.8 Å². The maximum absolute atomic E-state index is 13.2. The maximum Gasteiger partial charge on any atom is 0.252 e. The summed E-state index contributed by atoms with van der Waals surface area (Å²) in [6.45, 7) is 3.06. The smallest absolute Gasteiger partial charge is 0.252 e. The molecule has 0 aliphatic carbocycles. The number of pyridine rings is 1.